The quantitative estimate of drug-likeness (QED) is 0.0528. The van der Waals surface area contributed by atoms with E-state index in [2.05, 4.69) is 44.2 Å². The predicted octanol–water partition coefficient (Wildman–Crippen LogP) is 8.94. The summed E-state index contributed by atoms with van der Waals surface area (Å²) in [4.78, 5) is 56.9. The number of aliphatic carboxylic acids is 1. The summed E-state index contributed by atoms with van der Waals surface area (Å²) in [5, 5.41) is 24.8. The molecule has 0 saturated carbocycles. The number of amides is 2. The summed E-state index contributed by atoms with van der Waals surface area (Å²) in [6.07, 6.45) is -0.127. The highest BCUT2D eigenvalue weighted by atomic mass is 28.4. The van der Waals surface area contributed by atoms with Crippen molar-refractivity contribution in [2.75, 3.05) is 19.6 Å². The second-order valence-corrected chi connectivity index (χ2v) is 22.5. The average molecular weight is 850 g/mol. The van der Waals surface area contributed by atoms with Crippen LogP contribution in [-0.4, -0.2) is 71.6 Å². The van der Waals surface area contributed by atoms with Crippen LogP contribution in [-0.2, 0) is 26.2 Å². The molecular formula is C48H59N3O9Si. The van der Waals surface area contributed by atoms with Gasteiger partial charge in [0.25, 0.3) is 5.91 Å². The molecule has 4 aromatic carbocycles. The summed E-state index contributed by atoms with van der Waals surface area (Å²) >= 11 is 0. The number of nitrogens with one attached hydrogen (secondary N) is 2. The standard InChI is InChI=1S/C48H59N3O9Si/c1-46(2,3)59-45(56)51(29-16-15-28-49-43(53)34-20-17-23-36(30-34)48(57,44(54)55)35-21-13-10-14-22-35)31-40(60-61(7,8)47(4,5)6)37-24-26-39(42-38(37)25-27-41(52)50-42)58-32-33-18-11-9-12-19-33/h9-14,17-27,30,40,57H,15-16,28-29,31-32H2,1-8H3,(H,49,53)(H,50,52)(H,54,55). The zero-order valence-corrected chi connectivity index (χ0v) is 37.4. The molecule has 0 radical (unpaired) electrons. The molecule has 0 bridgehead atoms. The lowest BCUT2D eigenvalue weighted by Gasteiger charge is -2.41. The largest absolute Gasteiger partial charge is 0.487 e. The van der Waals surface area contributed by atoms with Gasteiger partial charge in [0, 0.05) is 35.7 Å². The Balaban J connectivity index is 1.37. The normalized spacial score (nSPS) is 13.5. The van der Waals surface area contributed by atoms with E-state index in [0.717, 1.165) is 16.5 Å². The second kappa shape index (κ2) is 19.3. The van der Waals surface area contributed by atoms with Crippen LogP contribution in [0.2, 0.25) is 18.1 Å². The number of ether oxygens (including phenoxy) is 2. The maximum atomic E-state index is 14.0. The van der Waals surface area contributed by atoms with E-state index in [1.165, 1.54) is 36.4 Å². The maximum absolute atomic E-state index is 14.0. The van der Waals surface area contributed by atoms with Crippen molar-refractivity contribution in [3.05, 3.63) is 147 Å². The number of hydrogen-bond donors (Lipinski definition) is 4. The number of pyridine rings is 1. The molecule has 13 heteroatoms. The lowest BCUT2D eigenvalue weighted by molar-refractivity contribution is -0.155. The van der Waals surface area contributed by atoms with Crippen LogP contribution in [0.25, 0.3) is 10.9 Å². The summed E-state index contributed by atoms with van der Waals surface area (Å²) in [5.41, 5.74) is -0.697. The van der Waals surface area contributed by atoms with Gasteiger partial charge in [-0.1, -0.05) is 99.6 Å². The lowest BCUT2D eigenvalue weighted by Crippen LogP contribution is -2.46. The fraction of sp³-hybridized carbons (Fsp3) is 0.375. The van der Waals surface area contributed by atoms with E-state index < -0.39 is 43.6 Å². The molecule has 1 aromatic heterocycles. The van der Waals surface area contributed by atoms with Crippen molar-refractivity contribution < 1.29 is 38.5 Å². The van der Waals surface area contributed by atoms with Gasteiger partial charge in [-0.25, -0.2) is 9.59 Å². The van der Waals surface area contributed by atoms with Crippen LogP contribution in [0.5, 0.6) is 5.75 Å². The molecule has 0 aliphatic rings. The van der Waals surface area contributed by atoms with Crippen LogP contribution in [0.4, 0.5) is 4.79 Å². The van der Waals surface area contributed by atoms with Gasteiger partial charge < -0.3 is 39.3 Å². The molecule has 5 rings (SSSR count). The number of carbonyl (C=O) groups is 3. The van der Waals surface area contributed by atoms with Gasteiger partial charge in [-0.15, -0.1) is 0 Å². The van der Waals surface area contributed by atoms with Crippen LogP contribution in [0.3, 0.4) is 0 Å². The van der Waals surface area contributed by atoms with Crippen molar-refractivity contribution in [2.24, 2.45) is 0 Å². The molecule has 2 atom stereocenters. The number of nitrogens with zero attached hydrogens (tertiary/aromatic N) is 1. The van der Waals surface area contributed by atoms with Crippen molar-refractivity contribution in [2.45, 2.75) is 96.4 Å². The van der Waals surface area contributed by atoms with E-state index >= 15 is 0 Å². The monoisotopic (exact) mass is 849 g/mol. The second-order valence-electron chi connectivity index (χ2n) is 17.8. The van der Waals surface area contributed by atoms with Gasteiger partial charge in [-0.3, -0.25) is 9.59 Å². The van der Waals surface area contributed by atoms with Gasteiger partial charge in [0.05, 0.1) is 18.2 Å². The predicted molar refractivity (Wildman–Crippen MR) is 239 cm³/mol. The number of benzene rings is 4. The number of carboxylic acids is 1. The lowest BCUT2D eigenvalue weighted by atomic mass is 9.85. The van der Waals surface area contributed by atoms with Gasteiger partial charge in [-0.2, -0.15) is 0 Å². The number of rotatable bonds is 17. The Morgan fingerprint density at radius 1 is 0.820 bits per heavy atom. The third kappa shape index (κ3) is 11.7. The first-order chi connectivity index (χ1) is 28.7. The van der Waals surface area contributed by atoms with E-state index in [1.54, 1.807) is 35.2 Å². The summed E-state index contributed by atoms with van der Waals surface area (Å²) < 4.78 is 19.3. The Hall–Kier alpha value is -5.76. The number of H-pyrrole nitrogens is 1. The van der Waals surface area contributed by atoms with E-state index in [9.17, 15) is 29.4 Å². The molecule has 0 aliphatic carbocycles. The van der Waals surface area contributed by atoms with Gasteiger partial charge in [-0.05, 0) is 92.7 Å². The number of fused-ring (bicyclic) bond motifs is 1. The summed E-state index contributed by atoms with van der Waals surface area (Å²) in [6.45, 7) is 17.2. The third-order valence-electron chi connectivity index (χ3n) is 10.9. The number of aliphatic hydroxyl groups is 1. The van der Waals surface area contributed by atoms with E-state index in [1.807, 2.05) is 63.2 Å². The third-order valence-corrected chi connectivity index (χ3v) is 15.4. The number of aromatic amines is 1. The molecule has 4 N–H and O–H groups in total. The molecule has 2 amide bonds. The SMILES string of the molecule is CC(C)(C)OC(=O)N(CCCCNC(=O)c1cccc(C(O)(C(=O)O)c2ccccc2)c1)CC(O[Si](C)(C)C(C)(C)C)c1ccc(OCc2ccccc2)c2[nH]c(=O)ccc12. The maximum Gasteiger partial charge on any atom is 0.410 e. The highest BCUT2D eigenvalue weighted by molar-refractivity contribution is 6.74. The summed E-state index contributed by atoms with van der Waals surface area (Å²) in [5.74, 6) is -1.38. The Kier molecular flexibility index (Phi) is 14.7. The van der Waals surface area contributed by atoms with Gasteiger partial charge in [0.15, 0.2) is 8.32 Å². The fourth-order valence-corrected chi connectivity index (χ4v) is 7.88. The van der Waals surface area contributed by atoms with Gasteiger partial charge in [0.2, 0.25) is 11.2 Å². The number of carboxylic acid groups (broad SMARTS) is 1. The molecule has 324 valence electrons. The average Bonchev–Trinajstić information content (AvgIpc) is 3.21. The molecule has 2 unspecified atom stereocenters. The first kappa shape index (κ1) is 46.3. The molecule has 12 nitrogen and oxygen atoms in total. The molecule has 0 saturated heterocycles. The number of aromatic nitrogens is 1. The van der Waals surface area contributed by atoms with E-state index in [0.29, 0.717) is 30.7 Å². The molecule has 0 aliphatic heterocycles. The molecule has 1 heterocycles. The highest BCUT2D eigenvalue weighted by Crippen LogP contribution is 2.42. The van der Waals surface area contributed by atoms with Gasteiger partial charge >= 0.3 is 12.1 Å². The molecule has 0 fully saturated rings. The van der Waals surface area contributed by atoms with Crippen molar-refractivity contribution in [3.8, 4) is 5.75 Å². The Bertz CT molecular complexity index is 2350. The zero-order chi connectivity index (χ0) is 44.6. The fourth-order valence-electron chi connectivity index (χ4n) is 6.61. The first-order valence-electron chi connectivity index (χ1n) is 20.6. The minimum atomic E-state index is -2.48. The van der Waals surface area contributed by atoms with Gasteiger partial charge in [0.1, 0.15) is 18.0 Å². The van der Waals surface area contributed by atoms with Crippen LogP contribution in [0, 0.1) is 0 Å². The van der Waals surface area contributed by atoms with Crippen LogP contribution in [0.1, 0.15) is 93.1 Å². The number of carbonyl (C=O) groups excluding carboxylic acids is 2. The molecule has 61 heavy (non-hydrogen) atoms. The Morgan fingerprint density at radius 2 is 1.48 bits per heavy atom. The van der Waals surface area contributed by atoms with Crippen LogP contribution in [0.15, 0.2) is 114 Å². The summed E-state index contributed by atoms with van der Waals surface area (Å²) in [6, 6.07) is 30.7. The topological polar surface area (TPSA) is 167 Å². The van der Waals surface area contributed by atoms with Crippen molar-refractivity contribution in [1.82, 2.24) is 15.2 Å². The Labute approximate surface area is 359 Å². The molecular weight excluding hydrogens is 791 g/mol. The number of unbranched alkanes of at least 4 members (excludes halogenated alkanes) is 1. The molecule has 0 spiro atoms. The summed E-state index contributed by atoms with van der Waals surface area (Å²) in [7, 11) is -2.48. The van der Waals surface area contributed by atoms with Crippen LogP contribution < -0.4 is 15.6 Å². The first-order valence-corrected chi connectivity index (χ1v) is 23.5. The van der Waals surface area contributed by atoms with Crippen molar-refractivity contribution in [1.29, 1.82) is 0 Å². The minimum absolute atomic E-state index is 0.0508. The minimum Gasteiger partial charge on any atom is -0.487 e. The number of hydrogen-bond acceptors (Lipinski definition) is 8. The zero-order valence-electron chi connectivity index (χ0n) is 36.4. The smallest absolute Gasteiger partial charge is 0.410 e. The van der Waals surface area contributed by atoms with E-state index in [-0.39, 0.29) is 46.9 Å². The highest BCUT2D eigenvalue weighted by Gasteiger charge is 2.42. The van der Waals surface area contributed by atoms with Crippen molar-refractivity contribution >= 4 is 37.2 Å². The molecule has 5 aromatic rings. The van der Waals surface area contributed by atoms with E-state index in [4.69, 9.17) is 13.9 Å². The Morgan fingerprint density at radius 3 is 2.11 bits per heavy atom. The van der Waals surface area contributed by atoms with Crippen molar-refractivity contribution in [3.63, 3.8) is 0 Å². The van der Waals surface area contributed by atoms with Crippen LogP contribution >= 0.6 is 0 Å².